The number of nitrogens with one attached hydrogen (secondary N) is 1. The van der Waals surface area contributed by atoms with Crippen LogP contribution in [-0.2, 0) is 0 Å². The first-order valence-corrected chi connectivity index (χ1v) is 8.83. The molecule has 1 aliphatic heterocycles. The molecule has 5 nitrogen and oxygen atoms in total. The van der Waals surface area contributed by atoms with E-state index in [0.717, 1.165) is 20.5 Å². The van der Waals surface area contributed by atoms with Crippen LogP contribution >= 0.6 is 43.6 Å². The Balaban J connectivity index is 1.90. The molecular formula is C12H12Br2N4OS. The van der Waals surface area contributed by atoms with Gasteiger partial charge in [0.15, 0.2) is 0 Å². The molecule has 1 N–H and O–H groups in total. The first-order valence-electron chi connectivity index (χ1n) is 6.09. The van der Waals surface area contributed by atoms with E-state index in [2.05, 4.69) is 52.3 Å². The average molecular weight is 420 g/mol. The molecule has 0 bridgehead atoms. The highest BCUT2D eigenvalue weighted by Crippen LogP contribution is 2.33. The van der Waals surface area contributed by atoms with Crippen LogP contribution in [0.2, 0.25) is 0 Å². The summed E-state index contributed by atoms with van der Waals surface area (Å²) in [6.45, 7) is 0. The monoisotopic (exact) mass is 418 g/mol. The highest BCUT2D eigenvalue weighted by molar-refractivity contribution is 9.11. The van der Waals surface area contributed by atoms with Gasteiger partial charge in [0, 0.05) is 32.7 Å². The molecule has 0 aliphatic carbocycles. The summed E-state index contributed by atoms with van der Waals surface area (Å²) < 4.78 is 7.17. The summed E-state index contributed by atoms with van der Waals surface area (Å²) in [6, 6.07) is 2.30. The predicted octanol–water partition coefficient (Wildman–Crippen LogP) is 3.08. The number of likely N-dealkylation sites (N-methyl/N-ethyl adjacent to an activating group) is 1. The maximum absolute atomic E-state index is 5.43. The van der Waals surface area contributed by atoms with Gasteiger partial charge in [0.25, 0.3) is 0 Å². The van der Waals surface area contributed by atoms with E-state index in [9.17, 15) is 0 Å². The zero-order chi connectivity index (χ0) is 14.1. The zero-order valence-corrected chi connectivity index (χ0v) is 14.6. The van der Waals surface area contributed by atoms with E-state index in [1.165, 1.54) is 0 Å². The van der Waals surface area contributed by atoms with E-state index in [1.807, 2.05) is 24.9 Å². The maximum Gasteiger partial charge on any atom is 0.232 e. The molecule has 1 saturated heterocycles. The normalized spacial score (nSPS) is 22.4. The van der Waals surface area contributed by atoms with Crippen molar-refractivity contribution in [2.45, 2.75) is 12.0 Å². The Hall–Kier alpha value is -0.440. The number of hydrogen-bond acceptors (Lipinski definition) is 6. The number of rotatable bonds is 3. The Bertz CT molecular complexity index is 621. The summed E-state index contributed by atoms with van der Waals surface area (Å²) in [7, 11) is 1.97. The van der Waals surface area contributed by atoms with Gasteiger partial charge in [-0.05, 0) is 45.0 Å². The van der Waals surface area contributed by atoms with Crippen molar-refractivity contribution < 1.29 is 4.52 Å². The van der Waals surface area contributed by atoms with Gasteiger partial charge in [-0.1, -0.05) is 5.16 Å². The van der Waals surface area contributed by atoms with Crippen LogP contribution in [0.25, 0.3) is 11.5 Å². The Labute approximate surface area is 137 Å². The van der Waals surface area contributed by atoms with Crippen molar-refractivity contribution in [3.63, 3.8) is 0 Å². The Morgan fingerprint density at radius 2 is 2.25 bits per heavy atom. The van der Waals surface area contributed by atoms with Gasteiger partial charge < -0.3 is 9.84 Å². The molecule has 3 heterocycles. The predicted molar refractivity (Wildman–Crippen MR) is 85.8 cm³/mol. The van der Waals surface area contributed by atoms with Crippen molar-refractivity contribution >= 4 is 43.6 Å². The number of thioether (sulfide) groups is 1. The third-order valence-electron chi connectivity index (χ3n) is 3.23. The van der Waals surface area contributed by atoms with Crippen molar-refractivity contribution in [3.8, 4) is 11.5 Å². The molecule has 2 aromatic heterocycles. The van der Waals surface area contributed by atoms with E-state index in [4.69, 9.17) is 4.52 Å². The van der Waals surface area contributed by atoms with E-state index in [1.54, 1.807) is 6.20 Å². The summed E-state index contributed by atoms with van der Waals surface area (Å²) in [5, 5.41) is 7.36. The van der Waals surface area contributed by atoms with Crippen LogP contribution < -0.4 is 5.32 Å². The second kappa shape index (κ2) is 6.13. The molecule has 20 heavy (non-hydrogen) atoms. The number of pyridine rings is 1. The minimum atomic E-state index is 0.264. The highest BCUT2D eigenvalue weighted by atomic mass is 79.9. The van der Waals surface area contributed by atoms with Crippen LogP contribution in [0, 0.1) is 0 Å². The minimum Gasteiger partial charge on any atom is -0.339 e. The standard InChI is InChI=1S/C12H12Br2N4OS/c1-15-9-5-20-4-7(9)12-17-11(18-19-12)10-8(14)2-6(13)3-16-10/h2-3,7,9,15H,4-5H2,1H3. The van der Waals surface area contributed by atoms with Gasteiger partial charge in [-0.25, -0.2) is 0 Å². The van der Waals surface area contributed by atoms with E-state index < -0.39 is 0 Å². The fourth-order valence-corrected chi connectivity index (χ4v) is 4.73. The Morgan fingerprint density at radius 3 is 3.00 bits per heavy atom. The van der Waals surface area contributed by atoms with Crippen molar-refractivity contribution in [2.24, 2.45) is 0 Å². The lowest BCUT2D eigenvalue weighted by Crippen LogP contribution is -2.31. The van der Waals surface area contributed by atoms with Gasteiger partial charge >= 0.3 is 0 Å². The summed E-state index contributed by atoms with van der Waals surface area (Å²) in [5.41, 5.74) is 0.690. The SMILES string of the molecule is CNC1CSCC1c1nc(-c2ncc(Br)cc2Br)no1. The molecule has 2 unspecified atom stereocenters. The second-order valence-electron chi connectivity index (χ2n) is 4.48. The van der Waals surface area contributed by atoms with Crippen molar-refractivity contribution in [3.05, 3.63) is 27.1 Å². The van der Waals surface area contributed by atoms with Crippen LogP contribution in [0.1, 0.15) is 11.8 Å². The summed E-state index contributed by atoms with van der Waals surface area (Å²) in [6.07, 6.45) is 1.72. The molecule has 1 fully saturated rings. The van der Waals surface area contributed by atoms with Gasteiger partial charge in [-0.15, -0.1) is 0 Å². The molecule has 106 valence electrons. The smallest absolute Gasteiger partial charge is 0.232 e. The summed E-state index contributed by atoms with van der Waals surface area (Å²) >= 11 is 8.75. The number of halogens is 2. The first-order chi connectivity index (χ1) is 9.69. The third kappa shape index (κ3) is 2.79. The molecule has 0 amide bonds. The van der Waals surface area contributed by atoms with Gasteiger partial charge in [0.05, 0.1) is 5.92 Å². The Kier molecular flexibility index (Phi) is 4.44. The van der Waals surface area contributed by atoms with Gasteiger partial charge in [-0.3, -0.25) is 4.98 Å². The van der Waals surface area contributed by atoms with Crippen molar-refractivity contribution in [1.82, 2.24) is 20.4 Å². The first kappa shape index (κ1) is 14.5. The van der Waals surface area contributed by atoms with Gasteiger partial charge in [-0.2, -0.15) is 16.7 Å². The van der Waals surface area contributed by atoms with Gasteiger partial charge in [0.1, 0.15) is 5.69 Å². The minimum absolute atomic E-state index is 0.264. The molecule has 2 aromatic rings. The topological polar surface area (TPSA) is 63.8 Å². The lowest BCUT2D eigenvalue weighted by atomic mass is 10.0. The molecule has 8 heteroatoms. The lowest BCUT2D eigenvalue weighted by Gasteiger charge is -2.13. The highest BCUT2D eigenvalue weighted by Gasteiger charge is 2.32. The van der Waals surface area contributed by atoms with Crippen LogP contribution in [0.15, 0.2) is 25.7 Å². The van der Waals surface area contributed by atoms with Gasteiger partial charge in [0.2, 0.25) is 11.7 Å². The van der Waals surface area contributed by atoms with Crippen LogP contribution in [0.3, 0.4) is 0 Å². The molecular weight excluding hydrogens is 408 g/mol. The molecule has 3 rings (SSSR count). The molecule has 0 spiro atoms. The maximum atomic E-state index is 5.43. The van der Waals surface area contributed by atoms with Crippen LogP contribution in [0.5, 0.6) is 0 Å². The summed E-state index contributed by atoms with van der Waals surface area (Å²) in [4.78, 5) is 8.84. The quantitative estimate of drug-likeness (QED) is 0.824. The van der Waals surface area contributed by atoms with E-state index >= 15 is 0 Å². The van der Waals surface area contributed by atoms with Crippen molar-refractivity contribution in [1.29, 1.82) is 0 Å². The van der Waals surface area contributed by atoms with Crippen LogP contribution in [-0.4, -0.2) is 39.7 Å². The number of aromatic nitrogens is 3. The average Bonchev–Trinajstić information content (AvgIpc) is 3.06. The summed E-state index contributed by atoms with van der Waals surface area (Å²) in [5.74, 6) is 3.54. The fourth-order valence-electron chi connectivity index (χ4n) is 2.14. The molecule has 0 aromatic carbocycles. The lowest BCUT2D eigenvalue weighted by molar-refractivity contribution is 0.344. The van der Waals surface area contributed by atoms with E-state index in [0.29, 0.717) is 23.5 Å². The molecule has 2 atom stereocenters. The molecule has 0 radical (unpaired) electrons. The zero-order valence-electron chi connectivity index (χ0n) is 10.6. The van der Waals surface area contributed by atoms with Crippen molar-refractivity contribution in [2.75, 3.05) is 18.6 Å². The second-order valence-corrected chi connectivity index (χ2v) is 7.32. The number of nitrogens with zero attached hydrogens (tertiary/aromatic N) is 3. The molecule has 0 saturated carbocycles. The fraction of sp³-hybridized carbons (Fsp3) is 0.417. The molecule has 1 aliphatic rings. The number of hydrogen-bond donors (Lipinski definition) is 1. The van der Waals surface area contributed by atoms with Crippen LogP contribution in [0.4, 0.5) is 0 Å². The largest absolute Gasteiger partial charge is 0.339 e. The van der Waals surface area contributed by atoms with E-state index in [-0.39, 0.29) is 5.92 Å². The Morgan fingerprint density at radius 1 is 1.40 bits per heavy atom. The third-order valence-corrected chi connectivity index (χ3v) is 5.46.